The van der Waals surface area contributed by atoms with Crippen molar-refractivity contribution in [2.75, 3.05) is 18.5 Å². The fraction of sp³-hybridized carbons (Fsp3) is 0.294. The zero-order valence-electron chi connectivity index (χ0n) is 12.9. The summed E-state index contributed by atoms with van der Waals surface area (Å²) in [5, 5.41) is 12.2. The van der Waals surface area contributed by atoms with E-state index in [0.717, 1.165) is 30.0 Å². The Balaban J connectivity index is 1.84. The van der Waals surface area contributed by atoms with Crippen LogP contribution in [0.2, 0.25) is 0 Å². The molecule has 22 heavy (non-hydrogen) atoms. The predicted octanol–water partition coefficient (Wildman–Crippen LogP) is 2.53. The van der Waals surface area contributed by atoms with Crippen molar-refractivity contribution in [3.8, 4) is 0 Å². The SMILES string of the molecule is CCN(C)c1ccc(CNCc2ccc(C(=O)O)cc2)cn1. The Morgan fingerprint density at radius 2 is 1.77 bits per heavy atom. The van der Waals surface area contributed by atoms with E-state index in [2.05, 4.69) is 28.2 Å². The predicted molar refractivity (Wildman–Crippen MR) is 87.1 cm³/mol. The van der Waals surface area contributed by atoms with Crippen LogP contribution >= 0.6 is 0 Å². The smallest absolute Gasteiger partial charge is 0.335 e. The maximum absolute atomic E-state index is 10.8. The number of aromatic carboxylic acids is 1. The largest absolute Gasteiger partial charge is 0.478 e. The van der Waals surface area contributed by atoms with E-state index in [1.54, 1.807) is 12.1 Å². The Bertz CT molecular complexity index is 609. The van der Waals surface area contributed by atoms with E-state index in [1.807, 2.05) is 31.4 Å². The van der Waals surface area contributed by atoms with Crippen LogP contribution in [0.15, 0.2) is 42.6 Å². The molecule has 2 aromatic rings. The fourth-order valence-corrected chi connectivity index (χ4v) is 2.03. The molecule has 0 aliphatic carbocycles. The summed E-state index contributed by atoms with van der Waals surface area (Å²) in [4.78, 5) is 17.3. The van der Waals surface area contributed by atoms with Gasteiger partial charge in [-0.25, -0.2) is 9.78 Å². The maximum atomic E-state index is 10.8. The number of carboxylic acids is 1. The van der Waals surface area contributed by atoms with Crippen LogP contribution in [0.4, 0.5) is 5.82 Å². The Kier molecular flexibility index (Phi) is 5.49. The number of benzene rings is 1. The summed E-state index contributed by atoms with van der Waals surface area (Å²) in [5.41, 5.74) is 2.49. The van der Waals surface area contributed by atoms with Crippen molar-refractivity contribution < 1.29 is 9.90 Å². The molecule has 0 amide bonds. The number of nitrogens with zero attached hydrogens (tertiary/aromatic N) is 2. The molecule has 0 radical (unpaired) electrons. The van der Waals surface area contributed by atoms with Crippen LogP contribution in [0, 0.1) is 0 Å². The van der Waals surface area contributed by atoms with E-state index in [1.165, 1.54) is 0 Å². The number of rotatable bonds is 7. The molecule has 1 aromatic carbocycles. The van der Waals surface area contributed by atoms with Crippen molar-refractivity contribution in [2.45, 2.75) is 20.0 Å². The van der Waals surface area contributed by atoms with E-state index < -0.39 is 5.97 Å². The Hall–Kier alpha value is -2.40. The molecule has 0 spiro atoms. The van der Waals surface area contributed by atoms with Gasteiger partial charge in [0, 0.05) is 32.9 Å². The normalized spacial score (nSPS) is 10.5. The number of nitrogens with one attached hydrogen (secondary N) is 1. The number of carboxylic acid groups (broad SMARTS) is 1. The van der Waals surface area contributed by atoms with Gasteiger partial charge in [0.1, 0.15) is 5.82 Å². The van der Waals surface area contributed by atoms with Gasteiger partial charge in [0.05, 0.1) is 5.56 Å². The lowest BCUT2D eigenvalue weighted by molar-refractivity contribution is 0.0697. The zero-order valence-corrected chi connectivity index (χ0v) is 12.9. The van der Waals surface area contributed by atoms with E-state index in [-0.39, 0.29) is 0 Å². The summed E-state index contributed by atoms with van der Waals surface area (Å²) in [6, 6.07) is 11.0. The Labute approximate surface area is 130 Å². The molecule has 5 heteroatoms. The molecule has 0 aliphatic rings. The standard InChI is InChI=1S/C17H21N3O2/c1-3-20(2)16-9-6-14(12-19-16)11-18-10-13-4-7-15(8-5-13)17(21)22/h4-9,12,18H,3,10-11H2,1-2H3,(H,21,22). The van der Waals surface area contributed by atoms with Gasteiger partial charge in [-0.1, -0.05) is 18.2 Å². The van der Waals surface area contributed by atoms with Crippen molar-refractivity contribution in [2.24, 2.45) is 0 Å². The van der Waals surface area contributed by atoms with Crippen LogP contribution in [-0.2, 0) is 13.1 Å². The summed E-state index contributed by atoms with van der Waals surface area (Å²) in [6.45, 7) is 4.43. The highest BCUT2D eigenvalue weighted by atomic mass is 16.4. The second-order valence-electron chi connectivity index (χ2n) is 5.14. The van der Waals surface area contributed by atoms with Gasteiger partial charge >= 0.3 is 5.97 Å². The van der Waals surface area contributed by atoms with Crippen LogP contribution < -0.4 is 10.2 Å². The quantitative estimate of drug-likeness (QED) is 0.822. The molecule has 0 unspecified atom stereocenters. The second-order valence-corrected chi connectivity index (χ2v) is 5.14. The third kappa shape index (κ3) is 4.30. The van der Waals surface area contributed by atoms with Gasteiger partial charge in [0.2, 0.25) is 0 Å². The van der Waals surface area contributed by atoms with Gasteiger partial charge < -0.3 is 15.3 Å². The molecule has 0 fully saturated rings. The summed E-state index contributed by atoms with van der Waals surface area (Å²) in [7, 11) is 2.01. The number of anilines is 1. The third-order valence-electron chi connectivity index (χ3n) is 3.53. The molecule has 5 nitrogen and oxygen atoms in total. The van der Waals surface area contributed by atoms with Crippen LogP contribution in [0.3, 0.4) is 0 Å². The summed E-state index contributed by atoms with van der Waals surface area (Å²) in [6.07, 6.45) is 1.88. The maximum Gasteiger partial charge on any atom is 0.335 e. The third-order valence-corrected chi connectivity index (χ3v) is 3.53. The minimum atomic E-state index is -0.900. The van der Waals surface area contributed by atoms with Crippen molar-refractivity contribution in [3.63, 3.8) is 0 Å². The average Bonchev–Trinajstić information content (AvgIpc) is 2.55. The van der Waals surface area contributed by atoms with Crippen molar-refractivity contribution in [1.82, 2.24) is 10.3 Å². The lowest BCUT2D eigenvalue weighted by atomic mass is 10.1. The van der Waals surface area contributed by atoms with E-state index >= 15 is 0 Å². The van der Waals surface area contributed by atoms with Crippen molar-refractivity contribution in [3.05, 3.63) is 59.3 Å². The van der Waals surface area contributed by atoms with Crippen LogP contribution in [0.1, 0.15) is 28.4 Å². The molecular formula is C17H21N3O2. The van der Waals surface area contributed by atoms with Gasteiger partial charge in [0.15, 0.2) is 0 Å². The van der Waals surface area contributed by atoms with E-state index in [0.29, 0.717) is 12.1 Å². The average molecular weight is 299 g/mol. The molecular weight excluding hydrogens is 278 g/mol. The van der Waals surface area contributed by atoms with Crippen LogP contribution in [0.25, 0.3) is 0 Å². The molecule has 1 heterocycles. The summed E-state index contributed by atoms with van der Waals surface area (Å²) < 4.78 is 0. The summed E-state index contributed by atoms with van der Waals surface area (Å²) >= 11 is 0. The Morgan fingerprint density at radius 3 is 2.32 bits per heavy atom. The molecule has 0 aliphatic heterocycles. The number of aromatic nitrogens is 1. The van der Waals surface area contributed by atoms with Gasteiger partial charge in [-0.05, 0) is 36.2 Å². The fourth-order valence-electron chi connectivity index (χ4n) is 2.03. The van der Waals surface area contributed by atoms with Gasteiger partial charge in [-0.15, -0.1) is 0 Å². The topological polar surface area (TPSA) is 65.5 Å². The lowest BCUT2D eigenvalue weighted by Gasteiger charge is -2.15. The Morgan fingerprint density at radius 1 is 1.14 bits per heavy atom. The number of hydrogen-bond donors (Lipinski definition) is 2. The van der Waals surface area contributed by atoms with E-state index in [9.17, 15) is 4.79 Å². The molecule has 0 saturated heterocycles. The molecule has 2 rings (SSSR count). The molecule has 0 saturated carbocycles. The van der Waals surface area contributed by atoms with E-state index in [4.69, 9.17) is 5.11 Å². The first-order valence-electron chi connectivity index (χ1n) is 7.29. The number of hydrogen-bond acceptors (Lipinski definition) is 4. The highest BCUT2D eigenvalue weighted by Crippen LogP contribution is 2.09. The van der Waals surface area contributed by atoms with Gasteiger partial charge in [-0.2, -0.15) is 0 Å². The molecule has 1 aromatic heterocycles. The first-order valence-corrected chi connectivity index (χ1v) is 7.29. The molecule has 0 atom stereocenters. The van der Waals surface area contributed by atoms with Crippen LogP contribution in [-0.4, -0.2) is 29.7 Å². The minimum absolute atomic E-state index is 0.309. The van der Waals surface area contributed by atoms with Gasteiger partial charge in [-0.3, -0.25) is 0 Å². The van der Waals surface area contributed by atoms with Crippen molar-refractivity contribution >= 4 is 11.8 Å². The number of pyridine rings is 1. The van der Waals surface area contributed by atoms with Crippen molar-refractivity contribution in [1.29, 1.82) is 0 Å². The second kappa shape index (κ2) is 7.56. The summed E-state index contributed by atoms with van der Waals surface area (Å²) in [5.74, 6) is 0.0678. The highest BCUT2D eigenvalue weighted by molar-refractivity contribution is 5.87. The first kappa shape index (κ1) is 16.0. The lowest BCUT2D eigenvalue weighted by Crippen LogP contribution is -2.17. The minimum Gasteiger partial charge on any atom is -0.478 e. The van der Waals surface area contributed by atoms with Gasteiger partial charge in [0.25, 0.3) is 0 Å². The zero-order chi connectivity index (χ0) is 15.9. The van der Waals surface area contributed by atoms with Crippen LogP contribution in [0.5, 0.6) is 0 Å². The number of carbonyl (C=O) groups is 1. The molecule has 116 valence electrons. The highest BCUT2D eigenvalue weighted by Gasteiger charge is 2.02. The molecule has 2 N–H and O–H groups in total. The first-order chi connectivity index (χ1) is 10.6. The molecule has 0 bridgehead atoms. The monoisotopic (exact) mass is 299 g/mol.